The van der Waals surface area contributed by atoms with Crippen molar-refractivity contribution in [3.8, 4) is 0 Å². The van der Waals surface area contributed by atoms with Gasteiger partial charge in [-0.2, -0.15) is 13.2 Å². The van der Waals surface area contributed by atoms with Crippen molar-refractivity contribution in [2.75, 3.05) is 26.3 Å². The molecule has 1 saturated heterocycles. The van der Waals surface area contributed by atoms with Crippen LogP contribution in [0.3, 0.4) is 0 Å². The maximum absolute atomic E-state index is 12.8. The molecule has 0 saturated carbocycles. The van der Waals surface area contributed by atoms with Crippen LogP contribution >= 0.6 is 0 Å². The van der Waals surface area contributed by atoms with Crippen LogP contribution in [-0.2, 0) is 24.0 Å². The van der Waals surface area contributed by atoms with E-state index in [2.05, 4.69) is 5.32 Å². The lowest BCUT2D eigenvalue weighted by atomic mass is 10.1. The minimum Gasteiger partial charge on any atom is -0.370 e. The van der Waals surface area contributed by atoms with Gasteiger partial charge in [0.2, 0.25) is 0 Å². The maximum Gasteiger partial charge on any atom is 0.416 e. The van der Waals surface area contributed by atoms with Crippen molar-refractivity contribution in [3.63, 3.8) is 0 Å². The van der Waals surface area contributed by atoms with E-state index < -0.39 is 17.6 Å². The van der Waals surface area contributed by atoms with Gasteiger partial charge in [-0.05, 0) is 23.8 Å². The summed E-state index contributed by atoms with van der Waals surface area (Å²) in [5, 5.41) is 2.73. The Morgan fingerprint density at radius 2 is 1.74 bits per heavy atom. The number of alkyl halides is 3. The average molecular weight is 379 g/mol. The quantitative estimate of drug-likeness (QED) is 0.835. The topological polar surface area (TPSA) is 42.8 Å². The number of rotatable bonds is 5. The van der Waals surface area contributed by atoms with Gasteiger partial charge in [-0.1, -0.05) is 30.3 Å². The van der Waals surface area contributed by atoms with Crippen LogP contribution in [0.5, 0.6) is 0 Å². The number of quaternary nitrogens is 1. The molecule has 27 heavy (non-hydrogen) atoms. The zero-order chi connectivity index (χ0) is 19.3. The molecule has 3 rings (SSSR count). The summed E-state index contributed by atoms with van der Waals surface area (Å²) in [6.07, 6.45) is -4.47. The van der Waals surface area contributed by atoms with Gasteiger partial charge in [0, 0.05) is 17.7 Å². The van der Waals surface area contributed by atoms with Gasteiger partial charge < -0.3 is 15.0 Å². The smallest absolute Gasteiger partial charge is 0.370 e. The Morgan fingerprint density at radius 3 is 2.44 bits per heavy atom. The first-order valence-corrected chi connectivity index (χ1v) is 8.87. The summed E-state index contributed by atoms with van der Waals surface area (Å²) < 4.78 is 43.8. The van der Waals surface area contributed by atoms with E-state index in [0.29, 0.717) is 0 Å². The van der Waals surface area contributed by atoms with Crippen LogP contribution in [0.1, 0.15) is 27.0 Å². The molecule has 1 aliphatic rings. The largest absolute Gasteiger partial charge is 0.416 e. The van der Waals surface area contributed by atoms with Crippen molar-refractivity contribution in [3.05, 3.63) is 70.8 Å². The number of amides is 1. The minimum atomic E-state index is -4.47. The van der Waals surface area contributed by atoms with Crippen molar-refractivity contribution in [1.29, 1.82) is 0 Å². The molecular weight excluding hydrogens is 357 g/mol. The fourth-order valence-corrected chi connectivity index (χ4v) is 3.12. The summed E-state index contributed by atoms with van der Waals surface area (Å²) in [6, 6.07) is 12.3. The van der Waals surface area contributed by atoms with E-state index in [9.17, 15) is 18.0 Å². The standard InChI is InChI=1S/C20H21F3N2O2/c21-20(22,23)18-7-3-6-15(12-18)19(26)24-13-16-4-1-2-5-17(16)14-25-8-10-27-11-9-25/h1-7,12H,8-11,13-14H2,(H,24,26)/p+1. The van der Waals surface area contributed by atoms with Gasteiger partial charge in [0.1, 0.15) is 19.6 Å². The molecule has 1 aliphatic heterocycles. The molecule has 7 heteroatoms. The molecule has 2 N–H and O–H groups in total. The summed E-state index contributed by atoms with van der Waals surface area (Å²) in [7, 11) is 0. The zero-order valence-corrected chi connectivity index (χ0v) is 14.8. The van der Waals surface area contributed by atoms with Crippen LogP contribution in [0.2, 0.25) is 0 Å². The molecular formula is C20H22F3N2O2+. The Bertz CT molecular complexity index is 787. The third-order valence-electron chi connectivity index (χ3n) is 4.65. The lowest BCUT2D eigenvalue weighted by Gasteiger charge is -2.24. The number of benzene rings is 2. The second-order valence-corrected chi connectivity index (χ2v) is 6.57. The second-order valence-electron chi connectivity index (χ2n) is 6.57. The number of hydrogen-bond donors (Lipinski definition) is 2. The van der Waals surface area contributed by atoms with Gasteiger partial charge in [-0.25, -0.2) is 0 Å². The molecule has 144 valence electrons. The Morgan fingerprint density at radius 1 is 1.04 bits per heavy atom. The molecule has 0 unspecified atom stereocenters. The first-order chi connectivity index (χ1) is 12.9. The predicted molar refractivity (Wildman–Crippen MR) is 94.3 cm³/mol. The van der Waals surface area contributed by atoms with E-state index in [0.717, 1.165) is 56.1 Å². The van der Waals surface area contributed by atoms with Crippen LogP contribution in [-0.4, -0.2) is 32.2 Å². The highest BCUT2D eigenvalue weighted by molar-refractivity contribution is 5.94. The van der Waals surface area contributed by atoms with Crippen LogP contribution in [0.25, 0.3) is 0 Å². The van der Waals surface area contributed by atoms with E-state index >= 15 is 0 Å². The van der Waals surface area contributed by atoms with Crippen LogP contribution < -0.4 is 10.2 Å². The molecule has 1 heterocycles. The highest BCUT2D eigenvalue weighted by atomic mass is 19.4. The number of ether oxygens (including phenoxy) is 1. The third-order valence-corrected chi connectivity index (χ3v) is 4.65. The van der Waals surface area contributed by atoms with Crippen molar-refractivity contribution in [2.24, 2.45) is 0 Å². The number of hydrogen-bond acceptors (Lipinski definition) is 2. The van der Waals surface area contributed by atoms with Crippen molar-refractivity contribution in [1.82, 2.24) is 5.32 Å². The van der Waals surface area contributed by atoms with Gasteiger partial charge in [0.25, 0.3) is 5.91 Å². The number of halogens is 3. The monoisotopic (exact) mass is 379 g/mol. The number of nitrogens with one attached hydrogen (secondary N) is 2. The van der Waals surface area contributed by atoms with Crippen molar-refractivity contribution in [2.45, 2.75) is 19.3 Å². The molecule has 0 aliphatic carbocycles. The molecule has 2 aromatic carbocycles. The fraction of sp³-hybridized carbons (Fsp3) is 0.350. The summed E-state index contributed by atoms with van der Waals surface area (Å²) in [5.74, 6) is -0.519. The second kappa shape index (κ2) is 8.54. The van der Waals surface area contributed by atoms with Crippen LogP contribution in [0.15, 0.2) is 48.5 Å². The molecule has 0 atom stereocenters. The number of carbonyl (C=O) groups is 1. The first-order valence-electron chi connectivity index (χ1n) is 8.87. The predicted octanol–water partition coefficient (Wildman–Crippen LogP) is 2.05. The average Bonchev–Trinajstić information content (AvgIpc) is 2.67. The molecule has 0 bridgehead atoms. The summed E-state index contributed by atoms with van der Waals surface area (Å²) in [5.41, 5.74) is 1.27. The molecule has 0 aromatic heterocycles. The molecule has 1 amide bonds. The van der Waals surface area contributed by atoms with Gasteiger partial charge in [0.05, 0.1) is 18.8 Å². The fourth-order valence-electron chi connectivity index (χ4n) is 3.12. The summed E-state index contributed by atoms with van der Waals surface area (Å²) in [6.45, 7) is 4.46. The Labute approximate surface area is 155 Å². The van der Waals surface area contributed by atoms with Crippen LogP contribution in [0.4, 0.5) is 13.2 Å². The van der Waals surface area contributed by atoms with Gasteiger partial charge in [0.15, 0.2) is 0 Å². The maximum atomic E-state index is 12.8. The van der Waals surface area contributed by atoms with Gasteiger partial charge >= 0.3 is 6.18 Å². The van der Waals surface area contributed by atoms with Crippen molar-refractivity contribution < 1.29 is 27.6 Å². The lowest BCUT2D eigenvalue weighted by Crippen LogP contribution is -3.12. The number of carbonyl (C=O) groups excluding carboxylic acids is 1. The van der Waals surface area contributed by atoms with Crippen molar-refractivity contribution >= 4 is 5.91 Å². The van der Waals surface area contributed by atoms with E-state index in [1.54, 1.807) is 0 Å². The highest BCUT2D eigenvalue weighted by Gasteiger charge is 2.30. The van der Waals surface area contributed by atoms with Crippen LogP contribution in [0, 0.1) is 0 Å². The third kappa shape index (κ3) is 5.30. The highest BCUT2D eigenvalue weighted by Crippen LogP contribution is 2.29. The summed E-state index contributed by atoms with van der Waals surface area (Å²) >= 11 is 0. The Balaban J connectivity index is 1.65. The van der Waals surface area contributed by atoms with E-state index in [-0.39, 0.29) is 12.1 Å². The molecule has 0 radical (unpaired) electrons. The van der Waals surface area contributed by atoms with Gasteiger partial charge in [-0.15, -0.1) is 0 Å². The van der Waals surface area contributed by atoms with Gasteiger partial charge in [-0.3, -0.25) is 4.79 Å². The Kier molecular flexibility index (Phi) is 6.13. The molecule has 1 fully saturated rings. The molecule has 2 aromatic rings. The first kappa shape index (κ1) is 19.4. The zero-order valence-electron chi connectivity index (χ0n) is 14.8. The summed E-state index contributed by atoms with van der Waals surface area (Å²) in [4.78, 5) is 13.7. The lowest BCUT2D eigenvalue weighted by molar-refractivity contribution is -0.921. The van der Waals surface area contributed by atoms with E-state index in [4.69, 9.17) is 4.74 Å². The van der Waals surface area contributed by atoms with E-state index in [1.165, 1.54) is 17.0 Å². The number of morpholine rings is 1. The Hall–Kier alpha value is -2.38. The SMILES string of the molecule is O=C(NCc1ccccc1C[NH+]1CCOCC1)c1cccc(C(F)(F)F)c1. The molecule has 0 spiro atoms. The van der Waals surface area contributed by atoms with E-state index in [1.807, 2.05) is 24.3 Å². The minimum absolute atomic E-state index is 0.00103. The normalized spacial score (nSPS) is 15.5. The molecule has 4 nitrogen and oxygen atoms in total.